The summed E-state index contributed by atoms with van der Waals surface area (Å²) in [6, 6.07) is 12.4. The Morgan fingerprint density at radius 1 is 1.11 bits per heavy atom. The topological polar surface area (TPSA) is 49.4 Å². The standard InChI is InChI=1S/C22H26N2O2S/c25-21(23-14-17-8-3-7-16-6-1-2-10-19(16)17)18-9-4-12-24(15-18)22(26)20-11-5-13-27-20/h1-2,5-6,10-11,13,17-18H,3-4,7-9,12,14-15H2,(H,23,25)/t17-,18+/m1/s1. The Bertz CT molecular complexity index is 802. The first kappa shape index (κ1) is 18.2. The second kappa shape index (κ2) is 8.26. The van der Waals surface area contributed by atoms with Crippen molar-refractivity contribution in [3.05, 3.63) is 57.8 Å². The summed E-state index contributed by atoms with van der Waals surface area (Å²) in [6.07, 6.45) is 5.21. The number of amides is 2. The molecule has 2 atom stereocenters. The van der Waals surface area contributed by atoms with Gasteiger partial charge in [0.1, 0.15) is 0 Å². The number of nitrogens with one attached hydrogen (secondary N) is 1. The van der Waals surface area contributed by atoms with E-state index in [1.807, 2.05) is 22.4 Å². The fourth-order valence-corrected chi connectivity index (χ4v) is 5.06. The van der Waals surface area contributed by atoms with Gasteiger partial charge in [0, 0.05) is 25.6 Å². The maximum atomic E-state index is 12.8. The van der Waals surface area contributed by atoms with E-state index in [0.29, 0.717) is 19.0 Å². The van der Waals surface area contributed by atoms with Crippen molar-refractivity contribution in [1.82, 2.24) is 10.2 Å². The number of benzene rings is 1. The lowest BCUT2D eigenvalue weighted by atomic mass is 9.82. The normalized spacial score (nSPS) is 22.1. The Morgan fingerprint density at radius 3 is 2.85 bits per heavy atom. The van der Waals surface area contributed by atoms with Gasteiger partial charge in [-0.15, -0.1) is 11.3 Å². The van der Waals surface area contributed by atoms with E-state index < -0.39 is 0 Å². The van der Waals surface area contributed by atoms with Crippen molar-refractivity contribution in [2.24, 2.45) is 5.92 Å². The third kappa shape index (κ3) is 4.08. The number of rotatable bonds is 4. The molecule has 1 aliphatic heterocycles. The van der Waals surface area contributed by atoms with Gasteiger partial charge >= 0.3 is 0 Å². The molecule has 1 fully saturated rings. The van der Waals surface area contributed by atoms with Gasteiger partial charge in [-0.05, 0) is 54.7 Å². The fourth-order valence-electron chi connectivity index (χ4n) is 4.37. The van der Waals surface area contributed by atoms with Gasteiger partial charge in [-0.3, -0.25) is 9.59 Å². The van der Waals surface area contributed by atoms with Gasteiger partial charge < -0.3 is 10.2 Å². The van der Waals surface area contributed by atoms with Crippen LogP contribution in [0, 0.1) is 5.92 Å². The maximum Gasteiger partial charge on any atom is 0.263 e. The van der Waals surface area contributed by atoms with Crippen LogP contribution in [-0.2, 0) is 11.2 Å². The molecule has 0 spiro atoms. The minimum atomic E-state index is -0.0958. The predicted octanol–water partition coefficient (Wildman–Crippen LogP) is 3.84. The molecule has 0 unspecified atom stereocenters. The van der Waals surface area contributed by atoms with Crippen molar-refractivity contribution in [3.63, 3.8) is 0 Å². The van der Waals surface area contributed by atoms with Crippen LogP contribution in [0.15, 0.2) is 41.8 Å². The smallest absolute Gasteiger partial charge is 0.263 e. The Labute approximate surface area is 164 Å². The summed E-state index contributed by atoms with van der Waals surface area (Å²) in [5.41, 5.74) is 2.82. The molecule has 2 heterocycles. The van der Waals surface area contributed by atoms with Crippen LogP contribution in [0.2, 0.25) is 0 Å². The lowest BCUT2D eigenvalue weighted by molar-refractivity contribution is -0.126. The van der Waals surface area contributed by atoms with Gasteiger partial charge in [-0.25, -0.2) is 0 Å². The van der Waals surface area contributed by atoms with Crippen LogP contribution in [-0.4, -0.2) is 36.3 Å². The van der Waals surface area contributed by atoms with Crippen LogP contribution < -0.4 is 5.32 Å². The summed E-state index contributed by atoms with van der Waals surface area (Å²) < 4.78 is 0. The van der Waals surface area contributed by atoms with E-state index in [-0.39, 0.29) is 17.7 Å². The van der Waals surface area contributed by atoms with Crippen LogP contribution in [0.25, 0.3) is 0 Å². The molecule has 2 aromatic rings. The molecule has 0 saturated carbocycles. The maximum absolute atomic E-state index is 12.8. The summed E-state index contributed by atoms with van der Waals surface area (Å²) in [6.45, 7) is 1.98. The highest BCUT2D eigenvalue weighted by atomic mass is 32.1. The van der Waals surface area contributed by atoms with Gasteiger partial charge in [0.25, 0.3) is 5.91 Å². The average Bonchev–Trinajstić information content (AvgIpc) is 3.26. The molecule has 0 radical (unpaired) electrons. The zero-order chi connectivity index (χ0) is 18.6. The van der Waals surface area contributed by atoms with Gasteiger partial charge in [-0.1, -0.05) is 30.3 Å². The summed E-state index contributed by atoms with van der Waals surface area (Å²) in [4.78, 5) is 27.9. The fraction of sp³-hybridized carbons (Fsp3) is 0.455. The van der Waals surface area contributed by atoms with E-state index >= 15 is 0 Å². The molecule has 1 saturated heterocycles. The van der Waals surface area contributed by atoms with Crippen LogP contribution in [0.5, 0.6) is 0 Å². The Balaban J connectivity index is 1.34. The van der Waals surface area contributed by atoms with Gasteiger partial charge in [0.2, 0.25) is 5.91 Å². The number of likely N-dealkylation sites (tertiary alicyclic amines) is 1. The third-order valence-corrected chi connectivity index (χ3v) is 6.69. The van der Waals surface area contributed by atoms with Gasteiger partial charge in [0.05, 0.1) is 10.8 Å². The second-order valence-corrected chi connectivity index (χ2v) is 8.55. The van der Waals surface area contributed by atoms with E-state index in [2.05, 4.69) is 29.6 Å². The molecule has 2 amide bonds. The van der Waals surface area contributed by atoms with Crippen molar-refractivity contribution in [1.29, 1.82) is 0 Å². The zero-order valence-electron chi connectivity index (χ0n) is 15.5. The van der Waals surface area contributed by atoms with Crippen molar-refractivity contribution in [2.45, 2.75) is 38.0 Å². The molecule has 1 aliphatic carbocycles. The first-order valence-corrected chi connectivity index (χ1v) is 10.8. The lowest BCUT2D eigenvalue weighted by Crippen LogP contribution is -2.46. The Kier molecular flexibility index (Phi) is 5.58. The zero-order valence-corrected chi connectivity index (χ0v) is 16.3. The van der Waals surface area contributed by atoms with Crippen molar-refractivity contribution in [2.75, 3.05) is 19.6 Å². The third-order valence-electron chi connectivity index (χ3n) is 5.83. The first-order chi connectivity index (χ1) is 13.2. The van der Waals surface area contributed by atoms with Crippen LogP contribution in [0.4, 0.5) is 0 Å². The summed E-state index contributed by atoms with van der Waals surface area (Å²) in [7, 11) is 0. The van der Waals surface area contributed by atoms with Crippen LogP contribution >= 0.6 is 11.3 Å². The first-order valence-electron chi connectivity index (χ1n) is 9.90. The van der Waals surface area contributed by atoms with Gasteiger partial charge in [-0.2, -0.15) is 0 Å². The largest absolute Gasteiger partial charge is 0.355 e. The molecule has 4 rings (SSSR count). The number of carbonyl (C=O) groups excluding carboxylic acids is 2. The number of thiophene rings is 1. The SMILES string of the molecule is O=C(NC[C@H]1CCCc2ccccc21)[C@H]1CCCN(C(=O)c2cccs2)C1. The number of hydrogen-bond donors (Lipinski definition) is 1. The molecular formula is C22H26N2O2S. The minimum absolute atomic E-state index is 0.0590. The van der Waals surface area contributed by atoms with Gasteiger partial charge in [0.15, 0.2) is 0 Å². The Hall–Kier alpha value is -2.14. The molecule has 1 N–H and O–H groups in total. The molecule has 2 aliphatic rings. The number of hydrogen-bond acceptors (Lipinski definition) is 3. The summed E-state index contributed by atoms with van der Waals surface area (Å²) in [5.74, 6) is 0.471. The van der Waals surface area contributed by atoms with Crippen LogP contribution in [0.1, 0.15) is 52.4 Å². The molecule has 5 heteroatoms. The predicted molar refractivity (Wildman–Crippen MR) is 108 cm³/mol. The van der Waals surface area contributed by atoms with Crippen molar-refractivity contribution < 1.29 is 9.59 Å². The number of piperidine rings is 1. The number of aryl methyl sites for hydroxylation is 1. The van der Waals surface area contributed by atoms with E-state index in [9.17, 15) is 9.59 Å². The van der Waals surface area contributed by atoms with E-state index in [4.69, 9.17) is 0 Å². The van der Waals surface area contributed by atoms with Crippen molar-refractivity contribution in [3.8, 4) is 0 Å². The highest BCUT2D eigenvalue weighted by Crippen LogP contribution is 2.31. The number of fused-ring (bicyclic) bond motifs is 1. The molecule has 1 aromatic heterocycles. The quantitative estimate of drug-likeness (QED) is 0.873. The molecule has 27 heavy (non-hydrogen) atoms. The minimum Gasteiger partial charge on any atom is -0.355 e. The number of nitrogens with zero attached hydrogens (tertiary/aromatic N) is 1. The molecular weight excluding hydrogens is 356 g/mol. The lowest BCUT2D eigenvalue weighted by Gasteiger charge is -2.32. The summed E-state index contributed by atoms with van der Waals surface area (Å²) in [5, 5.41) is 5.10. The summed E-state index contributed by atoms with van der Waals surface area (Å²) >= 11 is 1.47. The molecule has 142 valence electrons. The monoisotopic (exact) mass is 382 g/mol. The Morgan fingerprint density at radius 2 is 2.00 bits per heavy atom. The highest BCUT2D eigenvalue weighted by Gasteiger charge is 2.30. The molecule has 0 bridgehead atoms. The molecule has 1 aromatic carbocycles. The van der Waals surface area contributed by atoms with E-state index in [0.717, 1.165) is 37.1 Å². The second-order valence-electron chi connectivity index (χ2n) is 7.60. The van der Waals surface area contributed by atoms with E-state index in [1.165, 1.54) is 28.9 Å². The molecule has 4 nitrogen and oxygen atoms in total. The van der Waals surface area contributed by atoms with E-state index in [1.54, 1.807) is 0 Å². The van der Waals surface area contributed by atoms with Crippen LogP contribution in [0.3, 0.4) is 0 Å². The van der Waals surface area contributed by atoms with Crippen molar-refractivity contribution >= 4 is 23.2 Å². The highest BCUT2D eigenvalue weighted by molar-refractivity contribution is 7.12. The average molecular weight is 383 g/mol. The number of carbonyl (C=O) groups is 2.